The van der Waals surface area contributed by atoms with Crippen LogP contribution in [0, 0.1) is 0 Å². The summed E-state index contributed by atoms with van der Waals surface area (Å²) in [7, 11) is 2.82. The highest BCUT2D eigenvalue weighted by molar-refractivity contribution is 6.26. The second kappa shape index (κ2) is 6.79. The predicted molar refractivity (Wildman–Crippen MR) is 94.4 cm³/mol. The number of primary amides is 1. The van der Waals surface area contributed by atoms with E-state index in [2.05, 4.69) is 0 Å². The molecule has 0 radical (unpaired) electrons. The Kier molecular flexibility index (Phi) is 4.76. The summed E-state index contributed by atoms with van der Waals surface area (Å²) >= 11 is 0. The fourth-order valence-electron chi connectivity index (χ4n) is 3.83. The summed E-state index contributed by atoms with van der Waals surface area (Å²) in [5, 5.41) is 10.9. The number of Topliss-reactive ketones (excluding diaryl/α,β-unsaturated/α-hetero) is 2. The van der Waals surface area contributed by atoms with E-state index >= 15 is 0 Å². The van der Waals surface area contributed by atoms with Crippen LogP contribution in [0.3, 0.4) is 0 Å². The van der Waals surface area contributed by atoms with Crippen LogP contribution >= 0.6 is 0 Å². The molecule has 1 aliphatic heterocycles. The van der Waals surface area contributed by atoms with Crippen LogP contribution in [0.5, 0.6) is 0 Å². The number of nitrogens with two attached hydrogens (primary N) is 1. The number of likely N-dealkylation sites (N-methyl/N-ethyl adjacent to an activating group) is 1. The SMILES string of the molecule is COC1=C(C)C(=O)c2c(c(COC(N)=O)c3n2CC(N(C)C(C)=O)C3O)C1=O. The number of hydrogen-bond donors (Lipinski definition) is 2. The van der Waals surface area contributed by atoms with Crippen molar-refractivity contribution in [1.82, 2.24) is 9.47 Å². The number of rotatable bonds is 4. The van der Waals surface area contributed by atoms with Gasteiger partial charge in [-0.15, -0.1) is 0 Å². The number of aromatic nitrogens is 1. The van der Waals surface area contributed by atoms with Gasteiger partial charge in [-0.2, -0.15) is 0 Å². The second-order valence-corrected chi connectivity index (χ2v) is 6.76. The van der Waals surface area contributed by atoms with Crippen LogP contribution in [0.2, 0.25) is 0 Å². The van der Waals surface area contributed by atoms with Gasteiger partial charge in [-0.1, -0.05) is 0 Å². The Hall–Kier alpha value is -3.14. The number of nitrogens with zero attached hydrogens (tertiary/aromatic N) is 2. The van der Waals surface area contributed by atoms with Crippen molar-refractivity contribution in [3.63, 3.8) is 0 Å². The zero-order chi connectivity index (χ0) is 20.9. The molecule has 2 amide bonds. The standard InChI is InChI=1S/C18H21N3O7/c1-7-14(23)13-11(16(25)17(7)27-4)9(6-28-18(19)26)12-15(24)10(5-21(12)13)20(3)8(2)22/h10,15,24H,5-6H2,1-4H3,(H2,19,26). The molecule has 3 rings (SSSR count). The van der Waals surface area contributed by atoms with Gasteiger partial charge in [-0.05, 0) is 6.92 Å². The molecular formula is C18H21N3O7. The molecule has 2 heterocycles. The first kappa shape index (κ1) is 19.6. The van der Waals surface area contributed by atoms with Gasteiger partial charge in [-0.25, -0.2) is 4.79 Å². The highest BCUT2D eigenvalue weighted by Gasteiger charge is 2.46. The first-order valence-electron chi connectivity index (χ1n) is 8.54. The number of carbonyl (C=O) groups excluding carboxylic acids is 4. The van der Waals surface area contributed by atoms with Crippen molar-refractivity contribution >= 4 is 23.6 Å². The van der Waals surface area contributed by atoms with Crippen molar-refractivity contribution in [3.05, 3.63) is 33.8 Å². The van der Waals surface area contributed by atoms with E-state index in [1.807, 2.05) is 0 Å². The fraction of sp³-hybridized carbons (Fsp3) is 0.444. The number of methoxy groups -OCH3 is 1. The summed E-state index contributed by atoms with van der Waals surface area (Å²) < 4.78 is 11.5. The van der Waals surface area contributed by atoms with E-state index in [1.165, 1.54) is 37.5 Å². The molecule has 1 aliphatic carbocycles. The summed E-state index contributed by atoms with van der Waals surface area (Å²) in [4.78, 5) is 50.1. The number of aliphatic hydroxyl groups excluding tert-OH is 1. The average molecular weight is 391 g/mol. The number of amides is 2. The monoisotopic (exact) mass is 391 g/mol. The largest absolute Gasteiger partial charge is 0.492 e. The van der Waals surface area contributed by atoms with E-state index < -0.39 is 36.4 Å². The minimum Gasteiger partial charge on any atom is -0.492 e. The number of allylic oxidation sites excluding steroid dienone is 2. The smallest absolute Gasteiger partial charge is 0.404 e. The van der Waals surface area contributed by atoms with Crippen molar-refractivity contribution in [2.75, 3.05) is 14.2 Å². The topological polar surface area (TPSA) is 141 Å². The molecule has 2 unspecified atom stereocenters. The number of hydrogen-bond acceptors (Lipinski definition) is 7. The maximum absolute atomic E-state index is 13.0. The highest BCUT2D eigenvalue weighted by Crippen LogP contribution is 2.41. The second-order valence-electron chi connectivity index (χ2n) is 6.76. The third kappa shape index (κ3) is 2.68. The number of ether oxygens (including phenoxy) is 2. The predicted octanol–water partition coefficient (Wildman–Crippen LogP) is 0.277. The molecule has 0 bridgehead atoms. The first-order valence-corrected chi connectivity index (χ1v) is 8.54. The van der Waals surface area contributed by atoms with Gasteiger partial charge in [0.1, 0.15) is 18.4 Å². The van der Waals surface area contributed by atoms with Crippen molar-refractivity contribution in [2.45, 2.75) is 39.1 Å². The molecule has 10 nitrogen and oxygen atoms in total. The minimum absolute atomic E-state index is 0.0201. The number of fused-ring (bicyclic) bond motifs is 3. The molecule has 0 saturated carbocycles. The lowest BCUT2D eigenvalue weighted by atomic mass is 9.90. The van der Waals surface area contributed by atoms with E-state index in [9.17, 15) is 24.3 Å². The van der Waals surface area contributed by atoms with Crippen molar-refractivity contribution in [2.24, 2.45) is 5.73 Å². The Balaban J connectivity index is 2.20. The van der Waals surface area contributed by atoms with Gasteiger partial charge in [0, 0.05) is 31.7 Å². The minimum atomic E-state index is -1.18. The molecule has 0 saturated heterocycles. The molecule has 3 N–H and O–H groups in total. The zero-order valence-electron chi connectivity index (χ0n) is 15.9. The highest BCUT2D eigenvalue weighted by atomic mass is 16.5. The van der Waals surface area contributed by atoms with Crippen LogP contribution in [0.1, 0.15) is 52.1 Å². The first-order chi connectivity index (χ1) is 13.1. The third-order valence-electron chi connectivity index (χ3n) is 5.31. The molecule has 0 spiro atoms. The molecule has 0 fully saturated rings. The third-order valence-corrected chi connectivity index (χ3v) is 5.31. The molecule has 10 heteroatoms. The van der Waals surface area contributed by atoms with Gasteiger partial charge in [-0.3, -0.25) is 14.4 Å². The van der Waals surface area contributed by atoms with Gasteiger partial charge in [0.25, 0.3) is 0 Å². The van der Waals surface area contributed by atoms with E-state index in [1.54, 1.807) is 0 Å². The van der Waals surface area contributed by atoms with Crippen molar-refractivity contribution in [1.29, 1.82) is 0 Å². The van der Waals surface area contributed by atoms with E-state index in [-0.39, 0.29) is 46.3 Å². The maximum atomic E-state index is 13.0. The number of aliphatic hydroxyl groups is 1. The van der Waals surface area contributed by atoms with Crippen LogP contribution in [-0.2, 0) is 27.4 Å². The maximum Gasteiger partial charge on any atom is 0.404 e. The molecule has 1 aromatic rings. The summed E-state index contributed by atoms with van der Waals surface area (Å²) in [6, 6.07) is -0.638. The van der Waals surface area contributed by atoms with E-state index in [0.717, 1.165) is 0 Å². The fourth-order valence-corrected chi connectivity index (χ4v) is 3.83. The Morgan fingerprint density at radius 1 is 1.32 bits per heavy atom. The van der Waals surface area contributed by atoms with Gasteiger partial charge >= 0.3 is 6.09 Å². The van der Waals surface area contributed by atoms with Crippen LogP contribution in [-0.4, -0.2) is 58.3 Å². The summed E-state index contributed by atoms with van der Waals surface area (Å²) in [6.07, 6.45) is -2.25. The van der Waals surface area contributed by atoms with Crippen LogP contribution < -0.4 is 5.73 Å². The van der Waals surface area contributed by atoms with Crippen LogP contribution in [0.4, 0.5) is 4.79 Å². The molecular weight excluding hydrogens is 370 g/mol. The average Bonchev–Trinajstić information content (AvgIpc) is 3.12. The molecule has 28 heavy (non-hydrogen) atoms. The quantitative estimate of drug-likeness (QED) is 0.751. The number of carbonyl (C=O) groups is 4. The Morgan fingerprint density at radius 2 is 1.96 bits per heavy atom. The Morgan fingerprint density at radius 3 is 2.50 bits per heavy atom. The van der Waals surface area contributed by atoms with Crippen LogP contribution in [0.25, 0.3) is 0 Å². The lowest BCUT2D eigenvalue weighted by Gasteiger charge is -2.26. The Bertz CT molecular complexity index is 943. The summed E-state index contributed by atoms with van der Waals surface area (Å²) in [5.74, 6) is -1.34. The van der Waals surface area contributed by atoms with E-state index in [4.69, 9.17) is 15.2 Å². The summed E-state index contributed by atoms with van der Waals surface area (Å²) in [5.41, 5.74) is 5.72. The number of ketones is 2. The molecule has 150 valence electrons. The van der Waals surface area contributed by atoms with Gasteiger partial charge < -0.3 is 29.8 Å². The van der Waals surface area contributed by atoms with Crippen molar-refractivity contribution in [3.8, 4) is 0 Å². The van der Waals surface area contributed by atoms with Gasteiger partial charge in [0.15, 0.2) is 5.76 Å². The normalized spacial score (nSPS) is 20.8. The molecule has 2 aliphatic rings. The van der Waals surface area contributed by atoms with Crippen molar-refractivity contribution < 1.29 is 33.8 Å². The zero-order valence-corrected chi connectivity index (χ0v) is 15.9. The van der Waals surface area contributed by atoms with Gasteiger partial charge in [0.05, 0.1) is 24.4 Å². The van der Waals surface area contributed by atoms with E-state index in [0.29, 0.717) is 0 Å². The van der Waals surface area contributed by atoms with Crippen LogP contribution in [0.15, 0.2) is 11.3 Å². The molecule has 1 aromatic heterocycles. The molecule has 0 aromatic carbocycles. The molecule has 2 atom stereocenters. The van der Waals surface area contributed by atoms with Gasteiger partial charge in [0.2, 0.25) is 17.5 Å². The Labute approximate surface area is 160 Å². The lowest BCUT2D eigenvalue weighted by Crippen LogP contribution is -2.39. The summed E-state index contributed by atoms with van der Waals surface area (Å²) in [6.45, 7) is 2.55. The lowest BCUT2D eigenvalue weighted by molar-refractivity contribution is -0.131.